The first-order chi connectivity index (χ1) is 12.5. The predicted molar refractivity (Wildman–Crippen MR) is 96.0 cm³/mol. The van der Waals surface area contributed by atoms with Crippen molar-refractivity contribution in [3.8, 4) is 12.3 Å². The van der Waals surface area contributed by atoms with Crippen molar-refractivity contribution in [3.63, 3.8) is 0 Å². The predicted octanol–water partition coefficient (Wildman–Crippen LogP) is 2.21. The van der Waals surface area contributed by atoms with Crippen LogP contribution in [0.25, 0.3) is 0 Å². The Morgan fingerprint density at radius 2 is 1.81 bits per heavy atom. The summed E-state index contributed by atoms with van der Waals surface area (Å²) in [5.41, 5.74) is 1.32. The SMILES string of the molecule is C#CC(NC(=O)O[C@@]1(O)CCN(c2ccccc2)C1=O)c1ccccc1. The molecule has 6 nitrogen and oxygen atoms in total. The molecule has 3 rings (SSSR count). The van der Waals surface area contributed by atoms with Crippen molar-refractivity contribution in [2.24, 2.45) is 0 Å². The molecular weight excluding hydrogens is 332 g/mol. The Kier molecular flexibility index (Phi) is 4.92. The molecule has 0 spiro atoms. The van der Waals surface area contributed by atoms with E-state index in [1.54, 1.807) is 48.5 Å². The van der Waals surface area contributed by atoms with Crippen molar-refractivity contribution < 1.29 is 19.4 Å². The Balaban J connectivity index is 1.67. The first-order valence-electron chi connectivity index (χ1n) is 8.13. The molecule has 2 N–H and O–H groups in total. The molecule has 2 aromatic carbocycles. The number of aliphatic hydroxyl groups is 1. The lowest BCUT2D eigenvalue weighted by Gasteiger charge is -2.23. The normalized spacial score (nSPS) is 20.3. The van der Waals surface area contributed by atoms with Crippen molar-refractivity contribution in [2.45, 2.75) is 18.2 Å². The fourth-order valence-corrected chi connectivity index (χ4v) is 2.80. The Morgan fingerprint density at radius 1 is 1.19 bits per heavy atom. The van der Waals surface area contributed by atoms with E-state index in [1.165, 1.54) is 4.90 Å². The van der Waals surface area contributed by atoms with Crippen molar-refractivity contribution in [1.29, 1.82) is 0 Å². The Bertz CT molecular complexity index is 832. The summed E-state index contributed by atoms with van der Waals surface area (Å²) in [5, 5.41) is 13.0. The number of hydrogen-bond acceptors (Lipinski definition) is 4. The third kappa shape index (κ3) is 3.53. The number of para-hydroxylation sites is 1. The van der Waals surface area contributed by atoms with Crippen LogP contribution in [-0.4, -0.2) is 29.4 Å². The van der Waals surface area contributed by atoms with Crippen LogP contribution in [0.1, 0.15) is 18.0 Å². The number of amides is 2. The van der Waals surface area contributed by atoms with Gasteiger partial charge in [0.2, 0.25) is 0 Å². The van der Waals surface area contributed by atoms with Crippen molar-refractivity contribution in [1.82, 2.24) is 5.32 Å². The number of terminal acetylenes is 1. The molecule has 0 aromatic heterocycles. The monoisotopic (exact) mass is 350 g/mol. The number of nitrogens with one attached hydrogen (secondary N) is 1. The number of ether oxygens (including phenoxy) is 1. The molecular formula is C20H18N2O4. The molecule has 1 fully saturated rings. The molecule has 6 heteroatoms. The fraction of sp³-hybridized carbons (Fsp3) is 0.200. The van der Waals surface area contributed by atoms with Gasteiger partial charge in [0.15, 0.2) is 0 Å². The maximum Gasteiger partial charge on any atom is 0.411 e. The van der Waals surface area contributed by atoms with Gasteiger partial charge >= 0.3 is 6.09 Å². The van der Waals surface area contributed by atoms with Crippen LogP contribution in [0.3, 0.4) is 0 Å². The maximum atomic E-state index is 12.5. The highest BCUT2D eigenvalue weighted by Crippen LogP contribution is 2.29. The van der Waals surface area contributed by atoms with Gasteiger partial charge in [0.25, 0.3) is 11.7 Å². The van der Waals surface area contributed by atoms with Crippen LogP contribution in [0.5, 0.6) is 0 Å². The minimum absolute atomic E-state index is 0.0276. The first-order valence-corrected chi connectivity index (χ1v) is 8.13. The van der Waals surface area contributed by atoms with E-state index >= 15 is 0 Å². The second-order valence-corrected chi connectivity index (χ2v) is 5.87. The zero-order valence-electron chi connectivity index (χ0n) is 14.0. The molecule has 2 atom stereocenters. The number of anilines is 1. The van der Waals surface area contributed by atoms with Gasteiger partial charge in [-0.25, -0.2) is 4.79 Å². The molecule has 2 amide bonds. The van der Waals surface area contributed by atoms with E-state index < -0.39 is 23.8 Å². The average Bonchev–Trinajstić information content (AvgIpc) is 2.96. The summed E-state index contributed by atoms with van der Waals surface area (Å²) in [6, 6.07) is 17.1. The Morgan fingerprint density at radius 3 is 2.42 bits per heavy atom. The molecule has 1 unspecified atom stereocenters. The molecule has 1 aliphatic heterocycles. The van der Waals surface area contributed by atoms with Gasteiger partial charge in [-0.3, -0.25) is 4.79 Å². The number of rotatable bonds is 4. The highest BCUT2D eigenvalue weighted by molar-refractivity contribution is 6.01. The van der Waals surface area contributed by atoms with Gasteiger partial charge in [-0.15, -0.1) is 6.42 Å². The minimum atomic E-state index is -2.21. The number of alkyl carbamates (subject to hydrolysis) is 1. The van der Waals surface area contributed by atoms with E-state index in [4.69, 9.17) is 11.2 Å². The zero-order chi connectivity index (χ0) is 18.6. The van der Waals surface area contributed by atoms with Gasteiger partial charge in [0.1, 0.15) is 6.04 Å². The van der Waals surface area contributed by atoms with Gasteiger partial charge < -0.3 is 20.1 Å². The smallest absolute Gasteiger partial charge is 0.407 e. The topological polar surface area (TPSA) is 78.9 Å². The highest BCUT2D eigenvalue weighted by Gasteiger charge is 2.49. The number of carbonyl (C=O) groups excluding carboxylic acids is 2. The van der Waals surface area contributed by atoms with Crippen LogP contribution in [0, 0.1) is 12.3 Å². The standard InChI is InChI=1S/C20H18N2O4/c1-2-17(15-9-5-3-6-10-15)21-19(24)26-20(25)13-14-22(18(20)23)16-11-7-4-8-12-16/h1,3-12,17,25H,13-14H2,(H,21,24)/t17?,20-/m0/s1. The summed E-state index contributed by atoms with van der Waals surface area (Å²) < 4.78 is 5.04. The number of benzene rings is 2. The molecule has 132 valence electrons. The molecule has 0 radical (unpaired) electrons. The fourth-order valence-electron chi connectivity index (χ4n) is 2.80. The molecule has 1 saturated heterocycles. The zero-order valence-corrected chi connectivity index (χ0v) is 14.0. The van der Waals surface area contributed by atoms with Gasteiger partial charge in [-0.2, -0.15) is 0 Å². The molecule has 1 aliphatic rings. The van der Waals surface area contributed by atoms with Crippen LogP contribution in [0.2, 0.25) is 0 Å². The van der Waals surface area contributed by atoms with Gasteiger partial charge in [-0.05, 0) is 17.7 Å². The molecule has 26 heavy (non-hydrogen) atoms. The van der Waals surface area contributed by atoms with Crippen LogP contribution < -0.4 is 10.2 Å². The summed E-state index contributed by atoms with van der Waals surface area (Å²) in [4.78, 5) is 26.1. The summed E-state index contributed by atoms with van der Waals surface area (Å²) in [5.74, 6) is -0.453. The number of hydrogen-bond donors (Lipinski definition) is 2. The summed E-state index contributed by atoms with van der Waals surface area (Å²) in [6.07, 6.45) is 4.48. The highest BCUT2D eigenvalue weighted by atomic mass is 16.7. The van der Waals surface area contributed by atoms with Gasteiger partial charge in [0.05, 0.1) is 0 Å². The van der Waals surface area contributed by atoms with Crippen molar-refractivity contribution >= 4 is 17.7 Å². The molecule has 0 saturated carbocycles. The first kappa shape index (κ1) is 17.5. The largest absolute Gasteiger partial charge is 0.411 e. The second-order valence-electron chi connectivity index (χ2n) is 5.87. The van der Waals surface area contributed by atoms with Crippen LogP contribution in [0.4, 0.5) is 10.5 Å². The Hall–Kier alpha value is -3.30. The van der Waals surface area contributed by atoms with Crippen molar-refractivity contribution in [3.05, 3.63) is 66.2 Å². The maximum absolute atomic E-state index is 12.5. The van der Waals surface area contributed by atoms with Crippen LogP contribution in [-0.2, 0) is 9.53 Å². The van der Waals surface area contributed by atoms with Gasteiger partial charge in [0, 0.05) is 18.7 Å². The van der Waals surface area contributed by atoms with Gasteiger partial charge in [-0.1, -0.05) is 54.5 Å². The van der Waals surface area contributed by atoms with E-state index in [2.05, 4.69) is 11.2 Å². The number of carbonyl (C=O) groups is 2. The lowest BCUT2D eigenvalue weighted by Crippen LogP contribution is -2.46. The quantitative estimate of drug-likeness (QED) is 0.655. The Labute approximate surface area is 151 Å². The van der Waals surface area contributed by atoms with E-state index in [0.717, 1.165) is 0 Å². The summed E-state index contributed by atoms with van der Waals surface area (Å²) in [7, 11) is 0. The lowest BCUT2D eigenvalue weighted by atomic mass is 10.1. The molecule has 1 heterocycles. The number of nitrogens with zero attached hydrogens (tertiary/aromatic N) is 1. The molecule has 2 aromatic rings. The second kappa shape index (κ2) is 7.30. The van der Waals surface area contributed by atoms with E-state index in [-0.39, 0.29) is 13.0 Å². The average molecular weight is 350 g/mol. The van der Waals surface area contributed by atoms with E-state index in [1.807, 2.05) is 12.1 Å². The van der Waals surface area contributed by atoms with E-state index in [9.17, 15) is 14.7 Å². The lowest BCUT2D eigenvalue weighted by molar-refractivity contribution is -0.175. The third-order valence-electron chi connectivity index (χ3n) is 4.14. The summed E-state index contributed by atoms with van der Waals surface area (Å²) in [6.45, 7) is 0.240. The summed E-state index contributed by atoms with van der Waals surface area (Å²) >= 11 is 0. The third-order valence-corrected chi connectivity index (χ3v) is 4.14. The van der Waals surface area contributed by atoms with E-state index in [0.29, 0.717) is 11.3 Å². The molecule has 0 bridgehead atoms. The van der Waals surface area contributed by atoms with Crippen LogP contribution >= 0.6 is 0 Å². The molecule has 0 aliphatic carbocycles. The minimum Gasteiger partial charge on any atom is -0.407 e. The van der Waals surface area contributed by atoms with Crippen LogP contribution in [0.15, 0.2) is 60.7 Å². The van der Waals surface area contributed by atoms with Crippen molar-refractivity contribution in [2.75, 3.05) is 11.4 Å².